The van der Waals surface area contributed by atoms with Crippen LogP contribution in [0.3, 0.4) is 0 Å². The number of nitrogens with two attached hydrogens (primary N) is 1. The Morgan fingerprint density at radius 1 is 1.03 bits per heavy atom. The molecule has 1 aliphatic rings. The summed E-state index contributed by atoms with van der Waals surface area (Å²) in [6.45, 7) is 0. The monoisotopic (exact) mass is 473 g/mol. The quantitative estimate of drug-likeness (QED) is 0.242. The van der Waals surface area contributed by atoms with Gasteiger partial charge in [-0.2, -0.15) is 5.26 Å². The van der Waals surface area contributed by atoms with Crippen LogP contribution in [0.15, 0.2) is 72.1 Å². The van der Waals surface area contributed by atoms with Gasteiger partial charge in [-0.05, 0) is 24.3 Å². The van der Waals surface area contributed by atoms with Crippen LogP contribution in [-0.2, 0) is 0 Å². The van der Waals surface area contributed by atoms with Gasteiger partial charge in [-0.1, -0.05) is 12.1 Å². The fourth-order valence-electron chi connectivity index (χ4n) is 3.76. The molecule has 0 radical (unpaired) electrons. The van der Waals surface area contributed by atoms with Gasteiger partial charge in [0.15, 0.2) is 0 Å². The second-order valence-corrected chi connectivity index (χ2v) is 7.43. The number of carbonyl (C=O) groups excluding carboxylic acids is 1. The van der Waals surface area contributed by atoms with E-state index < -0.39 is 16.8 Å². The van der Waals surface area contributed by atoms with E-state index in [4.69, 9.17) is 24.7 Å². The highest BCUT2D eigenvalue weighted by molar-refractivity contribution is 5.91. The third kappa shape index (κ3) is 4.43. The molecule has 3 aromatic carbocycles. The highest BCUT2D eigenvalue weighted by Crippen LogP contribution is 2.46. The third-order valence-corrected chi connectivity index (χ3v) is 5.47. The van der Waals surface area contributed by atoms with E-state index in [9.17, 15) is 20.2 Å². The normalized spacial score (nSPS) is 14.3. The van der Waals surface area contributed by atoms with Gasteiger partial charge in [-0.15, -0.1) is 0 Å². The first-order chi connectivity index (χ1) is 16.9. The summed E-state index contributed by atoms with van der Waals surface area (Å²) >= 11 is 0. The van der Waals surface area contributed by atoms with E-state index in [1.54, 1.807) is 30.3 Å². The Morgan fingerprint density at radius 3 is 2.34 bits per heavy atom. The van der Waals surface area contributed by atoms with Crippen molar-refractivity contribution in [3.8, 4) is 29.1 Å². The fourth-order valence-corrected chi connectivity index (χ4v) is 3.76. The number of non-ortho nitro benzene ring substituents is 1. The summed E-state index contributed by atoms with van der Waals surface area (Å²) in [5.74, 6) is 0.174. The smallest absolute Gasteiger partial charge is 0.343 e. The van der Waals surface area contributed by atoms with Crippen LogP contribution in [-0.4, -0.2) is 25.1 Å². The molecule has 0 spiro atoms. The van der Waals surface area contributed by atoms with E-state index >= 15 is 0 Å². The zero-order valence-electron chi connectivity index (χ0n) is 18.7. The maximum atomic E-state index is 12.5. The van der Waals surface area contributed by atoms with Crippen molar-refractivity contribution in [2.75, 3.05) is 14.2 Å². The molecule has 0 saturated heterocycles. The number of benzene rings is 3. The molecule has 0 bridgehead atoms. The Bertz CT molecular complexity index is 1390. The average Bonchev–Trinajstić information content (AvgIpc) is 2.87. The molecule has 1 aliphatic heterocycles. The number of hydrogen-bond donors (Lipinski definition) is 1. The number of nitriles is 1. The van der Waals surface area contributed by atoms with Crippen LogP contribution in [0.2, 0.25) is 0 Å². The summed E-state index contributed by atoms with van der Waals surface area (Å²) < 4.78 is 21.9. The Hall–Kier alpha value is -5.04. The van der Waals surface area contributed by atoms with Gasteiger partial charge in [0.05, 0.1) is 30.6 Å². The fraction of sp³-hybridized carbons (Fsp3) is 0.120. The number of rotatable bonds is 6. The molecule has 0 amide bonds. The van der Waals surface area contributed by atoms with Gasteiger partial charge < -0.3 is 24.7 Å². The third-order valence-electron chi connectivity index (χ3n) is 5.47. The number of hydrogen-bond acceptors (Lipinski definition) is 9. The second kappa shape index (κ2) is 9.44. The molecule has 0 saturated carbocycles. The molecule has 3 aromatic rings. The van der Waals surface area contributed by atoms with Gasteiger partial charge in [0.2, 0.25) is 5.88 Å². The lowest BCUT2D eigenvalue weighted by molar-refractivity contribution is -0.384. The van der Waals surface area contributed by atoms with Crippen LogP contribution in [0.25, 0.3) is 0 Å². The number of nitro benzene ring substituents is 1. The average molecular weight is 473 g/mol. The molecule has 4 rings (SSSR count). The van der Waals surface area contributed by atoms with Crippen LogP contribution in [0.4, 0.5) is 5.69 Å². The summed E-state index contributed by atoms with van der Waals surface area (Å²) in [6, 6.07) is 17.1. The zero-order valence-corrected chi connectivity index (χ0v) is 18.7. The number of allylic oxidation sites excluding steroid dienone is 1. The van der Waals surface area contributed by atoms with Gasteiger partial charge >= 0.3 is 5.97 Å². The maximum absolute atomic E-state index is 12.5. The van der Waals surface area contributed by atoms with Crippen molar-refractivity contribution in [2.24, 2.45) is 5.73 Å². The number of methoxy groups -OCH3 is 2. The van der Waals surface area contributed by atoms with Crippen LogP contribution < -0.4 is 24.7 Å². The molecule has 0 aliphatic carbocycles. The lowest BCUT2D eigenvalue weighted by Gasteiger charge is -2.27. The van der Waals surface area contributed by atoms with E-state index in [0.717, 1.165) is 0 Å². The van der Waals surface area contributed by atoms with Crippen molar-refractivity contribution >= 4 is 11.7 Å². The molecule has 1 unspecified atom stereocenters. The molecule has 176 valence electrons. The van der Waals surface area contributed by atoms with Crippen molar-refractivity contribution in [3.63, 3.8) is 0 Å². The van der Waals surface area contributed by atoms with Crippen molar-refractivity contribution in [2.45, 2.75) is 5.92 Å². The van der Waals surface area contributed by atoms with E-state index in [1.807, 2.05) is 0 Å². The first-order valence-corrected chi connectivity index (χ1v) is 10.3. The Labute approximate surface area is 199 Å². The standard InChI is InChI=1S/C25H19N3O7/c1-32-16-7-9-18(21(11-16)33-2)23-19-10-8-17(12-22(19)35-24(27)20(23)13-26)34-25(29)14-3-5-15(6-4-14)28(30)31/h3-12,23H,27H2,1-2H3. The van der Waals surface area contributed by atoms with E-state index in [2.05, 4.69) is 6.07 Å². The second-order valence-electron chi connectivity index (χ2n) is 7.43. The Kier molecular flexibility index (Phi) is 6.24. The maximum Gasteiger partial charge on any atom is 0.343 e. The molecular weight excluding hydrogens is 454 g/mol. The predicted molar refractivity (Wildman–Crippen MR) is 123 cm³/mol. The Morgan fingerprint density at radius 2 is 1.71 bits per heavy atom. The lowest BCUT2D eigenvalue weighted by Crippen LogP contribution is -2.21. The number of esters is 1. The molecule has 0 fully saturated rings. The molecule has 10 heteroatoms. The number of nitrogens with zero attached hydrogens (tertiary/aromatic N) is 2. The molecule has 1 atom stereocenters. The molecule has 35 heavy (non-hydrogen) atoms. The van der Waals surface area contributed by atoms with Gasteiger partial charge in [0.1, 0.15) is 34.6 Å². The minimum absolute atomic E-state index is 0.0817. The summed E-state index contributed by atoms with van der Waals surface area (Å²) in [4.78, 5) is 22.8. The molecule has 10 nitrogen and oxygen atoms in total. The lowest BCUT2D eigenvalue weighted by atomic mass is 9.83. The Balaban J connectivity index is 1.69. The number of fused-ring (bicyclic) bond motifs is 1. The topological polar surface area (TPSA) is 147 Å². The predicted octanol–water partition coefficient (Wildman–Crippen LogP) is 4.05. The number of nitro groups is 1. The minimum Gasteiger partial charge on any atom is -0.497 e. The van der Waals surface area contributed by atoms with Crippen LogP contribution in [0.1, 0.15) is 27.4 Å². The van der Waals surface area contributed by atoms with Gasteiger partial charge in [-0.3, -0.25) is 10.1 Å². The van der Waals surface area contributed by atoms with Crippen LogP contribution in [0.5, 0.6) is 23.0 Å². The molecule has 1 heterocycles. The number of ether oxygens (including phenoxy) is 4. The summed E-state index contributed by atoms with van der Waals surface area (Å²) in [7, 11) is 3.05. The molecule has 0 aromatic heterocycles. The SMILES string of the molecule is COc1ccc(C2C(C#N)=C(N)Oc3cc(OC(=O)c4ccc([N+](=O)[O-])cc4)ccc32)c(OC)c1. The zero-order chi connectivity index (χ0) is 25.1. The van der Waals surface area contributed by atoms with Gasteiger partial charge in [0.25, 0.3) is 5.69 Å². The summed E-state index contributed by atoms with van der Waals surface area (Å²) in [6.07, 6.45) is 0. The van der Waals surface area contributed by atoms with E-state index in [0.29, 0.717) is 28.4 Å². The van der Waals surface area contributed by atoms with Crippen molar-refractivity contribution in [3.05, 3.63) is 98.9 Å². The van der Waals surface area contributed by atoms with Crippen molar-refractivity contribution < 1.29 is 28.7 Å². The van der Waals surface area contributed by atoms with E-state index in [-0.39, 0.29) is 28.5 Å². The number of carbonyl (C=O) groups is 1. The van der Waals surface area contributed by atoms with Crippen molar-refractivity contribution in [1.82, 2.24) is 0 Å². The first kappa shape index (κ1) is 23.1. The van der Waals surface area contributed by atoms with Crippen molar-refractivity contribution in [1.29, 1.82) is 5.26 Å². The first-order valence-electron chi connectivity index (χ1n) is 10.3. The highest BCUT2D eigenvalue weighted by Gasteiger charge is 2.33. The minimum atomic E-state index is -0.703. The summed E-state index contributed by atoms with van der Waals surface area (Å²) in [5, 5.41) is 20.6. The van der Waals surface area contributed by atoms with Gasteiger partial charge in [0, 0.05) is 35.4 Å². The van der Waals surface area contributed by atoms with E-state index in [1.165, 1.54) is 44.6 Å². The van der Waals surface area contributed by atoms with Gasteiger partial charge in [-0.25, -0.2) is 4.79 Å². The highest BCUT2D eigenvalue weighted by atomic mass is 16.6. The van der Waals surface area contributed by atoms with Crippen LogP contribution >= 0.6 is 0 Å². The van der Waals surface area contributed by atoms with Crippen LogP contribution in [0, 0.1) is 21.4 Å². The molecule has 2 N–H and O–H groups in total. The largest absolute Gasteiger partial charge is 0.497 e. The summed E-state index contributed by atoms with van der Waals surface area (Å²) in [5.41, 5.74) is 7.57. The molecular formula is C25H19N3O7.